The molecule has 1 atom stereocenters. The number of ether oxygens (including phenoxy) is 1. The molecule has 0 bridgehead atoms. The summed E-state index contributed by atoms with van der Waals surface area (Å²) in [5.41, 5.74) is 8.67. The number of primary amides is 1. The second kappa shape index (κ2) is 7.36. The van der Waals surface area contributed by atoms with Crippen molar-refractivity contribution in [3.63, 3.8) is 0 Å². The van der Waals surface area contributed by atoms with Crippen molar-refractivity contribution in [1.82, 2.24) is 10.6 Å². The zero-order valence-electron chi connectivity index (χ0n) is 13.8. The average Bonchev–Trinajstić information content (AvgIpc) is 2.60. The molecule has 1 aliphatic heterocycles. The Morgan fingerprint density at radius 2 is 1.84 bits per heavy atom. The summed E-state index contributed by atoms with van der Waals surface area (Å²) in [7, 11) is 0. The molecule has 4 N–H and O–H groups in total. The van der Waals surface area contributed by atoms with Crippen LogP contribution in [0.3, 0.4) is 0 Å². The first-order valence-electron chi connectivity index (χ1n) is 7.89. The van der Waals surface area contributed by atoms with Crippen LogP contribution in [0.2, 0.25) is 0 Å². The lowest BCUT2D eigenvalue weighted by molar-refractivity contribution is -0.115. The van der Waals surface area contributed by atoms with E-state index in [4.69, 9.17) is 22.7 Å². The molecule has 2 aromatic rings. The topological polar surface area (TPSA) is 76.4 Å². The number of carbonyl (C=O) groups is 1. The van der Waals surface area contributed by atoms with Crippen molar-refractivity contribution >= 4 is 23.2 Å². The minimum absolute atomic E-state index is 0.366. The Balaban J connectivity index is 1.76. The van der Waals surface area contributed by atoms with E-state index in [0.29, 0.717) is 23.0 Å². The number of hydrogen-bond donors (Lipinski definition) is 3. The summed E-state index contributed by atoms with van der Waals surface area (Å²) >= 11 is 5.19. The number of nitrogens with two attached hydrogens (primary N) is 1. The highest BCUT2D eigenvalue weighted by Gasteiger charge is 2.28. The van der Waals surface area contributed by atoms with Gasteiger partial charge in [0.05, 0.1) is 11.6 Å². The minimum Gasteiger partial charge on any atom is -0.489 e. The standard InChI is InChI=1S/C19H19N3O2S/c1-12-16(18(20)23)17(22-19(25)21-12)14-7-9-15(10-8-14)24-11-13-5-3-2-4-6-13/h2-10,17H,11H2,1H3,(H2,20,23)(H2,21,22,25)/t17-/m0/s1. The third-order valence-electron chi connectivity index (χ3n) is 4.00. The van der Waals surface area contributed by atoms with Crippen LogP contribution in [0, 0.1) is 0 Å². The maximum Gasteiger partial charge on any atom is 0.248 e. The highest BCUT2D eigenvalue weighted by molar-refractivity contribution is 7.80. The fraction of sp³-hybridized carbons (Fsp3) is 0.158. The lowest BCUT2D eigenvalue weighted by atomic mass is 9.95. The van der Waals surface area contributed by atoms with Gasteiger partial charge in [-0.1, -0.05) is 42.5 Å². The summed E-state index contributed by atoms with van der Waals surface area (Å²) in [4.78, 5) is 11.8. The van der Waals surface area contributed by atoms with Crippen LogP contribution in [-0.4, -0.2) is 11.0 Å². The van der Waals surface area contributed by atoms with Crippen LogP contribution in [0.25, 0.3) is 0 Å². The smallest absolute Gasteiger partial charge is 0.248 e. The van der Waals surface area contributed by atoms with E-state index in [1.807, 2.05) is 54.6 Å². The number of allylic oxidation sites excluding steroid dienone is 1. The van der Waals surface area contributed by atoms with Gasteiger partial charge in [0.1, 0.15) is 12.4 Å². The number of benzene rings is 2. The molecule has 0 aromatic heterocycles. The number of amides is 1. The Labute approximate surface area is 151 Å². The van der Waals surface area contributed by atoms with E-state index in [1.54, 1.807) is 6.92 Å². The third kappa shape index (κ3) is 3.97. The van der Waals surface area contributed by atoms with Crippen LogP contribution in [0.4, 0.5) is 0 Å². The van der Waals surface area contributed by atoms with Gasteiger partial charge < -0.3 is 21.1 Å². The molecule has 1 aliphatic rings. The van der Waals surface area contributed by atoms with Crippen LogP contribution in [-0.2, 0) is 11.4 Å². The van der Waals surface area contributed by atoms with Crippen molar-refractivity contribution in [2.75, 3.05) is 0 Å². The number of carbonyl (C=O) groups excluding carboxylic acids is 1. The molecule has 2 aromatic carbocycles. The SMILES string of the molecule is CC1=C(C(N)=O)[C@H](c2ccc(OCc3ccccc3)cc2)NC(=S)N1. The van der Waals surface area contributed by atoms with Crippen molar-refractivity contribution in [2.24, 2.45) is 5.73 Å². The number of rotatable bonds is 5. The van der Waals surface area contributed by atoms with Crippen molar-refractivity contribution in [3.05, 3.63) is 77.0 Å². The molecule has 0 saturated carbocycles. The molecule has 128 valence electrons. The van der Waals surface area contributed by atoms with Crippen molar-refractivity contribution in [1.29, 1.82) is 0 Å². The summed E-state index contributed by atoms with van der Waals surface area (Å²) in [5, 5.41) is 6.50. The molecule has 1 heterocycles. The van der Waals surface area contributed by atoms with E-state index in [2.05, 4.69) is 10.6 Å². The molecule has 0 radical (unpaired) electrons. The Morgan fingerprint density at radius 1 is 1.16 bits per heavy atom. The van der Waals surface area contributed by atoms with Gasteiger partial charge in [-0.05, 0) is 42.4 Å². The second-order valence-corrected chi connectivity index (χ2v) is 6.19. The van der Waals surface area contributed by atoms with E-state index < -0.39 is 5.91 Å². The molecule has 0 saturated heterocycles. The lowest BCUT2D eigenvalue weighted by Crippen LogP contribution is -2.46. The molecule has 0 unspecified atom stereocenters. The molecule has 0 aliphatic carbocycles. The van der Waals surface area contributed by atoms with Gasteiger partial charge in [0.2, 0.25) is 5.91 Å². The molecular weight excluding hydrogens is 334 g/mol. The lowest BCUT2D eigenvalue weighted by Gasteiger charge is -2.29. The zero-order chi connectivity index (χ0) is 17.8. The highest BCUT2D eigenvalue weighted by Crippen LogP contribution is 2.27. The fourth-order valence-corrected chi connectivity index (χ4v) is 3.04. The Kier molecular flexibility index (Phi) is 5.00. The zero-order valence-corrected chi connectivity index (χ0v) is 14.6. The largest absolute Gasteiger partial charge is 0.489 e. The van der Waals surface area contributed by atoms with Crippen molar-refractivity contribution < 1.29 is 9.53 Å². The normalized spacial score (nSPS) is 16.8. The van der Waals surface area contributed by atoms with E-state index in [1.165, 1.54) is 0 Å². The molecular formula is C19H19N3O2S. The Bertz CT molecular complexity index is 816. The molecule has 3 rings (SSSR count). The molecule has 1 amide bonds. The first kappa shape index (κ1) is 17.0. The number of thiocarbonyl (C=S) groups is 1. The van der Waals surface area contributed by atoms with Gasteiger partial charge in [0.25, 0.3) is 0 Å². The highest BCUT2D eigenvalue weighted by atomic mass is 32.1. The Hall–Kier alpha value is -2.86. The van der Waals surface area contributed by atoms with E-state index in [9.17, 15) is 4.79 Å². The van der Waals surface area contributed by atoms with E-state index in [-0.39, 0.29) is 6.04 Å². The van der Waals surface area contributed by atoms with Gasteiger partial charge in [0.15, 0.2) is 5.11 Å². The summed E-state index contributed by atoms with van der Waals surface area (Å²) in [6, 6.07) is 17.2. The van der Waals surface area contributed by atoms with E-state index >= 15 is 0 Å². The van der Waals surface area contributed by atoms with Crippen molar-refractivity contribution in [2.45, 2.75) is 19.6 Å². The molecule has 6 heteroatoms. The average molecular weight is 353 g/mol. The van der Waals surface area contributed by atoms with Gasteiger partial charge >= 0.3 is 0 Å². The third-order valence-corrected chi connectivity index (χ3v) is 4.22. The molecule has 25 heavy (non-hydrogen) atoms. The molecule has 0 spiro atoms. The first-order chi connectivity index (χ1) is 12.0. The van der Waals surface area contributed by atoms with Crippen LogP contribution in [0.15, 0.2) is 65.9 Å². The van der Waals surface area contributed by atoms with Crippen molar-refractivity contribution in [3.8, 4) is 5.75 Å². The maximum absolute atomic E-state index is 11.8. The fourth-order valence-electron chi connectivity index (χ4n) is 2.77. The predicted molar refractivity (Wildman–Crippen MR) is 101 cm³/mol. The van der Waals surface area contributed by atoms with Crippen LogP contribution in [0.1, 0.15) is 24.1 Å². The van der Waals surface area contributed by atoms with Gasteiger partial charge in [-0.25, -0.2) is 0 Å². The van der Waals surface area contributed by atoms with Crippen LogP contribution < -0.4 is 21.1 Å². The van der Waals surface area contributed by atoms with Crippen LogP contribution >= 0.6 is 12.2 Å². The van der Waals surface area contributed by atoms with Gasteiger partial charge in [-0.2, -0.15) is 0 Å². The van der Waals surface area contributed by atoms with Gasteiger partial charge in [-0.15, -0.1) is 0 Å². The van der Waals surface area contributed by atoms with Crippen LogP contribution in [0.5, 0.6) is 5.75 Å². The monoisotopic (exact) mass is 353 g/mol. The van der Waals surface area contributed by atoms with Gasteiger partial charge in [-0.3, -0.25) is 4.79 Å². The Morgan fingerprint density at radius 3 is 2.48 bits per heavy atom. The summed E-state index contributed by atoms with van der Waals surface area (Å²) < 4.78 is 5.79. The number of hydrogen-bond acceptors (Lipinski definition) is 3. The summed E-state index contributed by atoms with van der Waals surface area (Å²) in [6.45, 7) is 2.29. The second-order valence-electron chi connectivity index (χ2n) is 5.78. The maximum atomic E-state index is 11.8. The minimum atomic E-state index is -0.477. The predicted octanol–water partition coefficient (Wildman–Crippen LogP) is 2.54. The van der Waals surface area contributed by atoms with Gasteiger partial charge in [0, 0.05) is 5.70 Å². The quantitative estimate of drug-likeness (QED) is 0.720. The first-order valence-corrected chi connectivity index (χ1v) is 8.30. The number of nitrogens with one attached hydrogen (secondary N) is 2. The summed E-state index contributed by atoms with van der Waals surface area (Å²) in [6.07, 6.45) is 0. The summed E-state index contributed by atoms with van der Waals surface area (Å²) in [5.74, 6) is 0.278. The molecule has 5 nitrogen and oxygen atoms in total. The van der Waals surface area contributed by atoms with E-state index in [0.717, 1.165) is 16.9 Å². The molecule has 0 fully saturated rings.